The number of aliphatic hydroxyl groups excluding tert-OH is 1. The molecule has 0 spiro atoms. The van der Waals surface area contributed by atoms with Crippen LogP contribution in [0.1, 0.15) is 20.8 Å². The fourth-order valence-electron chi connectivity index (χ4n) is 1.37. The van der Waals surface area contributed by atoms with Gasteiger partial charge in [0.2, 0.25) is 0 Å². The molecule has 1 aliphatic rings. The quantitative estimate of drug-likeness (QED) is 0.602. The van der Waals surface area contributed by atoms with E-state index in [1.54, 1.807) is 6.92 Å². The summed E-state index contributed by atoms with van der Waals surface area (Å²) < 4.78 is 5.49. The molecule has 66 valence electrons. The molecule has 2 atom stereocenters. The fourth-order valence-corrected chi connectivity index (χ4v) is 1.37. The van der Waals surface area contributed by atoms with Gasteiger partial charge in [-0.3, -0.25) is 4.90 Å². The molecular weight excluding hydrogens is 142 g/mol. The van der Waals surface area contributed by atoms with Gasteiger partial charge in [-0.1, -0.05) is 0 Å². The van der Waals surface area contributed by atoms with Gasteiger partial charge in [0.05, 0.1) is 18.8 Å². The Balaban J connectivity index is 2.63. The van der Waals surface area contributed by atoms with Gasteiger partial charge >= 0.3 is 0 Å². The molecule has 1 heterocycles. The van der Waals surface area contributed by atoms with Gasteiger partial charge in [-0.05, 0) is 27.8 Å². The third-order valence-electron chi connectivity index (χ3n) is 2.51. The molecule has 0 bridgehead atoms. The summed E-state index contributed by atoms with van der Waals surface area (Å²) >= 11 is 0. The number of hydrogen-bond donors (Lipinski definition) is 1. The predicted molar refractivity (Wildman–Crippen MR) is 43.3 cm³/mol. The molecule has 3 nitrogen and oxygen atoms in total. The summed E-state index contributed by atoms with van der Waals surface area (Å²) in [6.07, 6.45) is -0.318. The van der Waals surface area contributed by atoms with Crippen molar-refractivity contribution >= 4 is 0 Å². The molecule has 1 saturated heterocycles. The molecule has 2 unspecified atom stereocenters. The van der Waals surface area contributed by atoms with E-state index in [0.717, 1.165) is 0 Å². The molecule has 11 heavy (non-hydrogen) atoms. The maximum absolute atomic E-state index is 9.33. The van der Waals surface area contributed by atoms with E-state index in [0.29, 0.717) is 6.61 Å². The van der Waals surface area contributed by atoms with Gasteiger partial charge in [0.1, 0.15) is 5.72 Å². The van der Waals surface area contributed by atoms with E-state index in [4.69, 9.17) is 4.74 Å². The summed E-state index contributed by atoms with van der Waals surface area (Å²) in [6, 6.07) is 0.144. The Morgan fingerprint density at radius 2 is 2.18 bits per heavy atom. The molecular formula is C8H17NO2. The summed E-state index contributed by atoms with van der Waals surface area (Å²) in [6.45, 7) is 6.44. The molecule has 0 aromatic carbocycles. The lowest BCUT2D eigenvalue weighted by Gasteiger charge is -2.30. The average Bonchev–Trinajstić information content (AvgIpc) is 2.09. The van der Waals surface area contributed by atoms with Gasteiger partial charge < -0.3 is 9.84 Å². The predicted octanol–water partition coefficient (Wildman–Crippen LogP) is 0.434. The lowest BCUT2D eigenvalue weighted by Crippen LogP contribution is -2.44. The first-order valence-electron chi connectivity index (χ1n) is 4.00. The van der Waals surface area contributed by atoms with Gasteiger partial charge in [-0.25, -0.2) is 0 Å². The number of aliphatic hydroxyl groups is 1. The maximum atomic E-state index is 9.33. The molecule has 1 aliphatic heterocycles. The first kappa shape index (κ1) is 8.97. The second-order valence-electron chi connectivity index (χ2n) is 3.68. The Morgan fingerprint density at radius 1 is 1.64 bits per heavy atom. The van der Waals surface area contributed by atoms with Crippen LogP contribution in [0.15, 0.2) is 0 Å². The van der Waals surface area contributed by atoms with Gasteiger partial charge in [0.15, 0.2) is 0 Å². The van der Waals surface area contributed by atoms with Crippen molar-refractivity contribution in [3.05, 3.63) is 0 Å². The Labute approximate surface area is 68.0 Å². The van der Waals surface area contributed by atoms with E-state index in [1.165, 1.54) is 0 Å². The second-order valence-corrected chi connectivity index (χ2v) is 3.68. The summed E-state index contributed by atoms with van der Waals surface area (Å²) in [5, 5.41) is 9.33. The highest BCUT2D eigenvalue weighted by Gasteiger charge is 2.39. The van der Waals surface area contributed by atoms with Crippen LogP contribution < -0.4 is 0 Å². The van der Waals surface area contributed by atoms with E-state index in [9.17, 15) is 5.11 Å². The van der Waals surface area contributed by atoms with Gasteiger partial charge in [0, 0.05) is 0 Å². The Bertz CT molecular complexity index is 145. The summed E-state index contributed by atoms with van der Waals surface area (Å²) in [7, 11) is 1.98. The average molecular weight is 159 g/mol. The Morgan fingerprint density at radius 3 is 2.36 bits per heavy atom. The van der Waals surface area contributed by atoms with Crippen LogP contribution in [0.2, 0.25) is 0 Å². The van der Waals surface area contributed by atoms with Gasteiger partial charge in [-0.2, -0.15) is 0 Å². The highest BCUT2D eigenvalue weighted by molar-refractivity contribution is 4.86. The zero-order chi connectivity index (χ0) is 8.65. The lowest BCUT2D eigenvalue weighted by molar-refractivity contribution is -0.0453. The third kappa shape index (κ3) is 1.55. The maximum Gasteiger partial charge on any atom is 0.116 e. The van der Waals surface area contributed by atoms with Gasteiger partial charge in [0.25, 0.3) is 0 Å². The number of rotatable bonds is 1. The van der Waals surface area contributed by atoms with Crippen LogP contribution in [0.5, 0.6) is 0 Å². The van der Waals surface area contributed by atoms with E-state index in [1.807, 2.05) is 20.9 Å². The smallest absolute Gasteiger partial charge is 0.116 e. The minimum absolute atomic E-state index is 0.144. The SMILES string of the molecule is CC(O)C1COC(C)(C)N1C. The highest BCUT2D eigenvalue weighted by atomic mass is 16.5. The van der Waals surface area contributed by atoms with Crippen LogP contribution in [-0.4, -0.2) is 41.5 Å². The topological polar surface area (TPSA) is 32.7 Å². The summed E-state index contributed by atoms with van der Waals surface area (Å²) in [4.78, 5) is 2.07. The van der Waals surface area contributed by atoms with Crippen LogP contribution in [-0.2, 0) is 4.74 Å². The Hall–Kier alpha value is -0.120. The molecule has 1 rings (SSSR count). The van der Waals surface area contributed by atoms with Crippen molar-refractivity contribution in [2.45, 2.75) is 38.6 Å². The van der Waals surface area contributed by atoms with Crippen molar-refractivity contribution in [3.8, 4) is 0 Å². The normalized spacial score (nSPS) is 34.1. The molecule has 3 heteroatoms. The van der Waals surface area contributed by atoms with Gasteiger partial charge in [-0.15, -0.1) is 0 Å². The van der Waals surface area contributed by atoms with Crippen LogP contribution >= 0.6 is 0 Å². The van der Waals surface area contributed by atoms with Crippen molar-refractivity contribution in [1.82, 2.24) is 4.90 Å². The molecule has 0 aromatic rings. The molecule has 1 N–H and O–H groups in total. The zero-order valence-corrected chi connectivity index (χ0v) is 7.66. The second kappa shape index (κ2) is 2.73. The lowest BCUT2D eigenvalue weighted by atomic mass is 10.1. The monoisotopic (exact) mass is 159 g/mol. The zero-order valence-electron chi connectivity index (χ0n) is 7.66. The minimum Gasteiger partial charge on any atom is -0.392 e. The number of hydrogen-bond acceptors (Lipinski definition) is 3. The third-order valence-corrected chi connectivity index (χ3v) is 2.51. The molecule has 0 aromatic heterocycles. The van der Waals surface area contributed by atoms with E-state index < -0.39 is 0 Å². The minimum atomic E-state index is -0.318. The molecule has 0 amide bonds. The van der Waals surface area contributed by atoms with Crippen LogP contribution in [0.3, 0.4) is 0 Å². The molecule has 0 aliphatic carbocycles. The first-order valence-corrected chi connectivity index (χ1v) is 4.00. The Kier molecular flexibility index (Phi) is 2.23. The van der Waals surface area contributed by atoms with Crippen LogP contribution in [0.25, 0.3) is 0 Å². The van der Waals surface area contributed by atoms with E-state index in [2.05, 4.69) is 4.90 Å². The molecule has 1 fully saturated rings. The largest absolute Gasteiger partial charge is 0.392 e. The van der Waals surface area contributed by atoms with E-state index in [-0.39, 0.29) is 17.9 Å². The number of nitrogens with zero attached hydrogens (tertiary/aromatic N) is 1. The van der Waals surface area contributed by atoms with Crippen LogP contribution in [0.4, 0.5) is 0 Å². The standard InChI is InChI=1S/C8H17NO2/c1-6(10)7-5-11-8(2,3)9(7)4/h6-7,10H,5H2,1-4H3. The van der Waals surface area contributed by atoms with Crippen molar-refractivity contribution in [3.63, 3.8) is 0 Å². The van der Waals surface area contributed by atoms with Crippen molar-refractivity contribution < 1.29 is 9.84 Å². The summed E-state index contributed by atoms with van der Waals surface area (Å²) in [5.74, 6) is 0. The molecule has 0 radical (unpaired) electrons. The first-order chi connectivity index (χ1) is 4.95. The fraction of sp³-hybridized carbons (Fsp3) is 1.00. The van der Waals surface area contributed by atoms with Crippen molar-refractivity contribution in [2.24, 2.45) is 0 Å². The highest BCUT2D eigenvalue weighted by Crippen LogP contribution is 2.26. The van der Waals surface area contributed by atoms with E-state index >= 15 is 0 Å². The van der Waals surface area contributed by atoms with Crippen molar-refractivity contribution in [1.29, 1.82) is 0 Å². The number of ether oxygens (including phenoxy) is 1. The van der Waals surface area contributed by atoms with Crippen LogP contribution in [0, 0.1) is 0 Å². The summed E-state index contributed by atoms with van der Waals surface area (Å²) in [5.41, 5.74) is -0.221. The molecule has 0 saturated carbocycles. The number of likely N-dealkylation sites (N-methyl/N-ethyl adjacent to an activating group) is 1. The van der Waals surface area contributed by atoms with Crippen molar-refractivity contribution in [2.75, 3.05) is 13.7 Å².